The minimum atomic E-state index is 0. The summed E-state index contributed by atoms with van der Waals surface area (Å²) in [5.74, 6) is 0.184. The molecule has 1 rings (SSSR count). The number of aromatic hydroxyl groups is 1. The van der Waals surface area contributed by atoms with Crippen LogP contribution in [0.5, 0.6) is 5.75 Å². The fraction of sp³-hybridized carbons (Fsp3) is 0.182. The number of aryl methyl sites for hydroxylation is 1. The molecular formula is C11H14ClNO2W. The standard InChI is InChI=1S/C10H10ClNO.CH4O.W/c1-6-4-8(7(2)11)9(12-3)5-10(6)13;1-2;/h4-5,13H,2-3H2,1H3;2H,1H3;. The molecule has 0 unspecified atom stereocenters. The molecule has 0 saturated heterocycles. The maximum atomic E-state index is 9.38. The van der Waals surface area contributed by atoms with E-state index in [2.05, 4.69) is 18.3 Å². The third kappa shape index (κ3) is 4.48. The molecule has 0 aliphatic carbocycles. The van der Waals surface area contributed by atoms with Gasteiger partial charge in [-0.25, -0.2) is 0 Å². The van der Waals surface area contributed by atoms with Crippen molar-refractivity contribution in [2.24, 2.45) is 4.99 Å². The second-order valence-electron chi connectivity index (χ2n) is 2.72. The Kier molecular flexibility index (Phi) is 9.45. The largest absolute Gasteiger partial charge is 0.508 e. The molecule has 16 heavy (non-hydrogen) atoms. The molecule has 0 spiro atoms. The summed E-state index contributed by atoms with van der Waals surface area (Å²) in [6.07, 6.45) is 0. The van der Waals surface area contributed by atoms with Gasteiger partial charge in [-0.3, -0.25) is 4.99 Å². The molecular weight excluding hydrogens is 397 g/mol. The predicted molar refractivity (Wildman–Crippen MR) is 65.1 cm³/mol. The van der Waals surface area contributed by atoms with Gasteiger partial charge in [-0.2, -0.15) is 0 Å². The maximum absolute atomic E-state index is 9.38. The Bertz CT molecular complexity index is 380. The van der Waals surface area contributed by atoms with Crippen LogP contribution in [0.25, 0.3) is 5.03 Å². The second-order valence-corrected chi connectivity index (χ2v) is 3.18. The van der Waals surface area contributed by atoms with Gasteiger partial charge in [-0.15, -0.1) is 0 Å². The number of aliphatic imine (C=N–C) groups is 1. The Hall–Kier alpha value is -0.632. The van der Waals surface area contributed by atoms with E-state index in [9.17, 15) is 5.11 Å². The summed E-state index contributed by atoms with van der Waals surface area (Å²) in [6.45, 7) is 8.77. The van der Waals surface area contributed by atoms with Crippen molar-refractivity contribution in [2.45, 2.75) is 6.92 Å². The van der Waals surface area contributed by atoms with Crippen LogP contribution in [-0.4, -0.2) is 24.0 Å². The summed E-state index contributed by atoms with van der Waals surface area (Å²) in [5, 5.41) is 16.8. The summed E-state index contributed by atoms with van der Waals surface area (Å²) in [4.78, 5) is 3.74. The first kappa shape index (κ1) is 17.8. The Labute approximate surface area is 115 Å². The third-order valence-corrected chi connectivity index (χ3v) is 1.98. The summed E-state index contributed by atoms with van der Waals surface area (Å²) >= 11 is 5.75. The van der Waals surface area contributed by atoms with Crippen molar-refractivity contribution in [3.8, 4) is 5.75 Å². The SMILES string of the molecule is C=Nc1cc(O)c(C)cc1C(=C)Cl.CO.[W]. The Morgan fingerprint density at radius 2 is 1.88 bits per heavy atom. The summed E-state index contributed by atoms with van der Waals surface area (Å²) in [6, 6.07) is 3.25. The zero-order valence-electron chi connectivity index (χ0n) is 9.20. The topological polar surface area (TPSA) is 52.8 Å². The van der Waals surface area contributed by atoms with Crippen LogP contribution in [0.1, 0.15) is 11.1 Å². The normalized spacial score (nSPS) is 8.25. The third-order valence-electron chi connectivity index (χ3n) is 1.78. The number of phenols is 1. The van der Waals surface area contributed by atoms with Crippen molar-refractivity contribution in [2.75, 3.05) is 7.11 Å². The number of rotatable bonds is 2. The fourth-order valence-corrected chi connectivity index (χ4v) is 1.18. The van der Waals surface area contributed by atoms with Crippen LogP contribution in [-0.2, 0) is 21.1 Å². The van der Waals surface area contributed by atoms with Gasteiger partial charge in [0.15, 0.2) is 0 Å². The van der Waals surface area contributed by atoms with Gasteiger partial charge in [0.2, 0.25) is 0 Å². The minimum Gasteiger partial charge on any atom is -0.508 e. The van der Waals surface area contributed by atoms with Crippen LogP contribution in [0, 0.1) is 6.92 Å². The Morgan fingerprint density at radius 3 is 2.25 bits per heavy atom. The minimum absolute atomic E-state index is 0. The van der Waals surface area contributed by atoms with E-state index < -0.39 is 0 Å². The molecule has 0 aliphatic heterocycles. The van der Waals surface area contributed by atoms with Gasteiger partial charge < -0.3 is 10.2 Å². The monoisotopic (exact) mass is 411 g/mol. The first-order valence-electron chi connectivity index (χ1n) is 4.16. The number of phenolic OH excluding ortho intramolecular Hbond substituents is 1. The van der Waals surface area contributed by atoms with Crippen LogP contribution in [0.3, 0.4) is 0 Å². The van der Waals surface area contributed by atoms with E-state index >= 15 is 0 Å². The van der Waals surface area contributed by atoms with Crippen LogP contribution in [0.2, 0.25) is 0 Å². The molecule has 0 amide bonds. The van der Waals surface area contributed by atoms with Crippen molar-refractivity contribution in [3.63, 3.8) is 0 Å². The number of hydrogen-bond donors (Lipinski definition) is 2. The summed E-state index contributed by atoms with van der Waals surface area (Å²) in [7, 11) is 1.00. The first-order chi connectivity index (χ1) is 7.06. The molecule has 0 heterocycles. The van der Waals surface area contributed by atoms with Crippen LogP contribution >= 0.6 is 11.6 Å². The van der Waals surface area contributed by atoms with E-state index in [1.165, 1.54) is 6.07 Å². The number of halogens is 1. The number of aliphatic hydroxyl groups is 1. The van der Waals surface area contributed by atoms with Gasteiger partial charge in [-0.05, 0) is 25.3 Å². The van der Waals surface area contributed by atoms with Crippen molar-refractivity contribution >= 4 is 29.0 Å². The summed E-state index contributed by atoms with van der Waals surface area (Å²) in [5.41, 5.74) is 1.99. The van der Waals surface area contributed by atoms with Crippen LogP contribution in [0.15, 0.2) is 23.7 Å². The van der Waals surface area contributed by atoms with Crippen molar-refractivity contribution in [1.82, 2.24) is 0 Å². The fourth-order valence-electron chi connectivity index (χ4n) is 1.03. The Morgan fingerprint density at radius 1 is 1.38 bits per heavy atom. The molecule has 3 nitrogen and oxygen atoms in total. The van der Waals surface area contributed by atoms with Crippen molar-refractivity contribution in [3.05, 3.63) is 29.8 Å². The van der Waals surface area contributed by atoms with Crippen molar-refractivity contribution in [1.29, 1.82) is 0 Å². The van der Waals surface area contributed by atoms with Gasteiger partial charge in [-0.1, -0.05) is 18.2 Å². The second kappa shape index (κ2) is 8.51. The zero-order chi connectivity index (χ0) is 12.0. The molecule has 5 heteroatoms. The van der Waals surface area contributed by atoms with E-state index in [1.807, 2.05) is 0 Å². The molecule has 0 aromatic heterocycles. The molecule has 1 aromatic carbocycles. The van der Waals surface area contributed by atoms with E-state index in [1.54, 1.807) is 13.0 Å². The Balaban J connectivity index is 0. The van der Waals surface area contributed by atoms with E-state index in [0.29, 0.717) is 16.3 Å². The number of benzene rings is 1. The van der Waals surface area contributed by atoms with Gasteiger partial charge in [0, 0.05) is 44.8 Å². The van der Waals surface area contributed by atoms with Gasteiger partial charge in [0.1, 0.15) is 5.75 Å². The molecule has 0 aliphatic rings. The van der Waals surface area contributed by atoms with E-state index in [0.717, 1.165) is 12.7 Å². The zero-order valence-corrected chi connectivity index (χ0v) is 12.9. The average Bonchev–Trinajstić information content (AvgIpc) is 2.24. The molecule has 88 valence electrons. The number of aliphatic hydroxyl groups excluding tert-OH is 1. The number of nitrogens with zero attached hydrogens (tertiary/aromatic N) is 1. The maximum Gasteiger partial charge on any atom is 0.120 e. The molecule has 0 atom stereocenters. The van der Waals surface area contributed by atoms with Crippen molar-refractivity contribution < 1.29 is 31.3 Å². The molecule has 1 aromatic rings. The number of hydrogen-bond acceptors (Lipinski definition) is 3. The van der Waals surface area contributed by atoms with E-state index in [-0.39, 0.29) is 26.8 Å². The predicted octanol–water partition coefficient (Wildman–Crippen LogP) is 2.85. The smallest absolute Gasteiger partial charge is 0.120 e. The van der Waals surface area contributed by atoms with E-state index in [4.69, 9.17) is 16.7 Å². The summed E-state index contributed by atoms with van der Waals surface area (Å²) < 4.78 is 0. The first-order valence-corrected chi connectivity index (χ1v) is 4.54. The molecule has 0 saturated carbocycles. The van der Waals surface area contributed by atoms with Crippen LogP contribution < -0.4 is 0 Å². The van der Waals surface area contributed by atoms with Gasteiger partial charge >= 0.3 is 0 Å². The molecule has 2 N–H and O–H groups in total. The average molecular weight is 412 g/mol. The van der Waals surface area contributed by atoms with Gasteiger partial charge in [0.05, 0.1) is 5.69 Å². The van der Waals surface area contributed by atoms with Gasteiger partial charge in [0.25, 0.3) is 0 Å². The quantitative estimate of drug-likeness (QED) is 0.736. The van der Waals surface area contributed by atoms with Crippen LogP contribution in [0.4, 0.5) is 5.69 Å². The molecule has 0 radical (unpaired) electrons. The molecule has 0 fully saturated rings. The molecule has 0 bridgehead atoms.